The van der Waals surface area contributed by atoms with Gasteiger partial charge in [0.05, 0.1) is 24.0 Å². The van der Waals surface area contributed by atoms with Crippen molar-refractivity contribution in [2.24, 2.45) is 7.05 Å². The summed E-state index contributed by atoms with van der Waals surface area (Å²) in [6.07, 6.45) is 3.41. The highest BCUT2D eigenvalue weighted by atomic mass is 79.9. The summed E-state index contributed by atoms with van der Waals surface area (Å²) < 4.78 is 6.32. The van der Waals surface area contributed by atoms with Crippen molar-refractivity contribution in [3.8, 4) is 0 Å². The summed E-state index contributed by atoms with van der Waals surface area (Å²) in [7, 11) is 2.01. The number of aromatic nitrogens is 3. The fourth-order valence-corrected chi connectivity index (χ4v) is 5.21. The summed E-state index contributed by atoms with van der Waals surface area (Å²) in [5, 5.41) is 10.6. The van der Waals surface area contributed by atoms with Gasteiger partial charge >= 0.3 is 11.7 Å². The fraction of sp³-hybridized carbons (Fsp3) is 0.333. The fourth-order valence-electron chi connectivity index (χ4n) is 4.66. The van der Waals surface area contributed by atoms with E-state index in [0.29, 0.717) is 13.0 Å². The van der Waals surface area contributed by atoms with Crippen LogP contribution in [0.3, 0.4) is 0 Å². The Morgan fingerprint density at radius 3 is 2.58 bits per heavy atom. The molecule has 0 aliphatic heterocycles. The number of aryl methyl sites for hydroxylation is 2. The number of hydrogen-bond donors (Lipinski definition) is 1. The number of imidazole rings is 1. The number of nitrogens with zero attached hydrogens (tertiary/aromatic N) is 3. The molecule has 0 radical (unpaired) electrons. The molecule has 0 bridgehead atoms. The average Bonchev–Trinajstić information content (AvgIpc) is 3.18. The van der Waals surface area contributed by atoms with Crippen molar-refractivity contribution in [1.82, 2.24) is 13.7 Å². The molecular formula is C24H26BrN3O3. The quantitative estimate of drug-likeness (QED) is 0.391. The summed E-state index contributed by atoms with van der Waals surface area (Å²) >= 11 is 3.60. The first-order valence-electron chi connectivity index (χ1n) is 10.5. The molecule has 1 atom stereocenters. The zero-order valence-corrected chi connectivity index (χ0v) is 19.5. The Labute approximate surface area is 188 Å². The van der Waals surface area contributed by atoms with E-state index in [9.17, 15) is 14.7 Å². The average molecular weight is 484 g/mol. The minimum atomic E-state index is -0.900. The van der Waals surface area contributed by atoms with Crippen LogP contribution in [0.1, 0.15) is 43.4 Å². The zero-order chi connectivity index (χ0) is 22.3. The second kappa shape index (κ2) is 8.38. The highest BCUT2D eigenvalue weighted by Gasteiger charge is 2.24. The van der Waals surface area contributed by atoms with Gasteiger partial charge in [-0.1, -0.05) is 31.5 Å². The van der Waals surface area contributed by atoms with Crippen molar-refractivity contribution in [2.45, 2.75) is 45.7 Å². The molecule has 162 valence electrons. The van der Waals surface area contributed by atoms with E-state index in [-0.39, 0.29) is 12.1 Å². The first-order valence-corrected chi connectivity index (χ1v) is 11.3. The third-order valence-electron chi connectivity index (χ3n) is 5.96. The second-order valence-corrected chi connectivity index (χ2v) is 8.98. The molecule has 2 aromatic carbocycles. The van der Waals surface area contributed by atoms with E-state index < -0.39 is 12.0 Å². The van der Waals surface area contributed by atoms with Gasteiger partial charge in [-0.3, -0.25) is 13.9 Å². The lowest BCUT2D eigenvalue weighted by Crippen LogP contribution is -2.29. The molecule has 7 heteroatoms. The number of halogens is 1. The molecule has 2 aromatic heterocycles. The molecule has 6 nitrogen and oxygen atoms in total. The first-order chi connectivity index (χ1) is 14.8. The number of aliphatic carboxylic acids is 1. The molecule has 0 amide bonds. The predicted molar refractivity (Wildman–Crippen MR) is 127 cm³/mol. The van der Waals surface area contributed by atoms with Crippen LogP contribution in [0, 0.1) is 6.92 Å². The minimum absolute atomic E-state index is 0.0818. The highest BCUT2D eigenvalue weighted by molar-refractivity contribution is 9.10. The van der Waals surface area contributed by atoms with Crippen LogP contribution in [0.2, 0.25) is 0 Å². The van der Waals surface area contributed by atoms with Gasteiger partial charge in [-0.2, -0.15) is 0 Å². The maximum Gasteiger partial charge on any atom is 0.329 e. The first kappa shape index (κ1) is 21.4. The number of rotatable bonds is 7. The Morgan fingerprint density at radius 2 is 1.87 bits per heavy atom. The van der Waals surface area contributed by atoms with E-state index >= 15 is 0 Å². The molecule has 1 unspecified atom stereocenters. The standard InChI is InChI=1S/C24H26BrN3O3/c1-4-7-17(12-21(29)30)28-23-18(25)9-6-11-20(23)27(24(28)31)14-16-13-26(3)19-10-5-8-15(2)22(16)19/h5-6,8-11,13,17H,4,7,12,14H2,1-3H3,(H,29,30). The minimum Gasteiger partial charge on any atom is -0.481 e. The summed E-state index contributed by atoms with van der Waals surface area (Å²) in [5.74, 6) is -0.900. The van der Waals surface area contributed by atoms with Gasteiger partial charge < -0.3 is 9.67 Å². The van der Waals surface area contributed by atoms with Crippen molar-refractivity contribution < 1.29 is 9.90 Å². The molecule has 2 heterocycles. The van der Waals surface area contributed by atoms with Gasteiger partial charge in [0.15, 0.2) is 0 Å². The number of carboxylic acid groups (broad SMARTS) is 1. The summed E-state index contributed by atoms with van der Waals surface area (Å²) in [5.41, 5.74) is 4.75. The summed E-state index contributed by atoms with van der Waals surface area (Å²) in [6, 6.07) is 11.5. The van der Waals surface area contributed by atoms with Gasteiger partial charge in [-0.15, -0.1) is 0 Å². The van der Waals surface area contributed by atoms with Crippen molar-refractivity contribution in [3.63, 3.8) is 0 Å². The largest absolute Gasteiger partial charge is 0.481 e. The third kappa shape index (κ3) is 3.71. The van der Waals surface area contributed by atoms with Crippen LogP contribution in [0.5, 0.6) is 0 Å². The van der Waals surface area contributed by atoms with Crippen LogP contribution in [0.15, 0.2) is 51.9 Å². The normalized spacial score (nSPS) is 12.6. The lowest BCUT2D eigenvalue weighted by Gasteiger charge is -2.16. The predicted octanol–water partition coefficient (Wildman–Crippen LogP) is 5.23. The summed E-state index contributed by atoms with van der Waals surface area (Å²) in [6.45, 7) is 4.51. The number of carboxylic acids is 1. The molecule has 0 spiro atoms. The Morgan fingerprint density at radius 1 is 1.16 bits per heavy atom. The van der Waals surface area contributed by atoms with E-state index in [0.717, 1.165) is 38.4 Å². The molecule has 4 aromatic rings. The van der Waals surface area contributed by atoms with E-state index in [1.165, 1.54) is 5.56 Å². The van der Waals surface area contributed by atoms with Gasteiger partial charge in [0.25, 0.3) is 0 Å². The molecule has 31 heavy (non-hydrogen) atoms. The molecule has 0 aliphatic rings. The van der Waals surface area contributed by atoms with Crippen molar-refractivity contribution in [3.05, 3.63) is 68.7 Å². The maximum atomic E-state index is 13.7. The molecule has 4 rings (SSSR count). The Bertz CT molecular complexity index is 1350. The van der Waals surface area contributed by atoms with Gasteiger partial charge in [0.1, 0.15) is 0 Å². The Balaban J connectivity index is 1.95. The number of hydrogen-bond acceptors (Lipinski definition) is 2. The molecule has 1 N–H and O–H groups in total. The van der Waals surface area contributed by atoms with Gasteiger partial charge in [-0.25, -0.2) is 4.79 Å². The van der Waals surface area contributed by atoms with Crippen LogP contribution in [0.4, 0.5) is 0 Å². The van der Waals surface area contributed by atoms with Crippen LogP contribution < -0.4 is 5.69 Å². The van der Waals surface area contributed by atoms with Crippen molar-refractivity contribution in [1.29, 1.82) is 0 Å². The van der Waals surface area contributed by atoms with Crippen molar-refractivity contribution in [2.75, 3.05) is 0 Å². The number of carbonyl (C=O) groups is 1. The third-order valence-corrected chi connectivity index (χ3v) is 6.60. The number of para-hydroxylation sites is 1. The monoisotopic (exact) mass is 483 g/mol. The smallest absolute Gasteiger partial charge is 0.329 e. The van der Waals surface area contributed by atoms with Crippen LogP contribution in [-0.4, -0.2) is 24.8 Å². The number of fused-ring (bicyclic) bond motifs is 2. The Hall–Kier alpha value is -2.80. The maximum absolute atomic E-state index is 13.7. The molecule has 0 aliphatic carbocycles. The summed E-state index contributed by atoms with van der Waals surface area (Å²) in [4.78, 5) is 25.2. The van der Waals surface area contributed by atoms with Crippen LogP contribution >= 0.6 is 15.9 Å². The van der Waals surface area contributed by atoms with Crippen molar-refractivity contribution >= 4 is 43.8 Å². The molecule has 0 saturated heterocycles. The van der Waals surface area contributed by atoms with Crippen LogP contribution in [-0.2, 0) is 18.4 Å². The lowest BCUT2D eigenvalue weighted by molar-refractivity contribution is -0.137. The van der Waals surface area contributed by atoms with E-state index in [1.54, 1.807) is 9.13 Å². The SMILES string of the molecule is CCCC(CC(=O)O)n1c(=O)n(Cc2cn(C)c3cccc(C)c23)c2cccc(Br)c21. The topological polar surface area (TPSA) is 69.2 Å². The molecular weight excluding hydrogens is 458 g/mol. The van der Waals surface area contributed by atoms with Crippen LogP contribution in [0.25, 0.3) is 21.9 Å². The zero-order valence-electron chi connectivity index (χ0n) is 17.9. The van der Waals surface area contributed by atoms with Gasteiger partial charge in [0, 0.05) is 34.7 Å². The highest BCUT2D eigenvalue weighted by Crippen LogP contribution is 2.30. The number of benzene rings is 2. The van der Waals surface area contributed by atoms with E-state index in [1.807, 2.05) is 38.2 Å². The molecule has 0 fully saturated rings. The Kier molecular flexibility index (Phi) is 5.79. The van der Waals surface area contributed by atoms with Gasteiger partial charge in [0.2, 0.25) is 0 Å². The van der Waals surface area contributed by atoms with Gasteiger partial charge in [-0.05, 0) is 58.6 Å². The van der Waals surface area contributed by atoms with E-state index in [4.69, 9.17) is 0 Å². The van der Waals surface area contributed by atoms with E-state index in [2.05, 4.69) is 45.8 Å². The lowest BCUT2D eigenvalue weighted by atomic mass is 10.1. The molecule has 0 saturated carbocycles. The second-order valence-electron chi connectivity index (χ2n) is 8.12.